The molecule has 0 heterocycles. The molecule has 2 atom stereocenters. The van der Waals surface area contributed by atoms with E-state index in [4.69, 9.17) is 8.92 Å². The van der Waals surface area contributed by atoms with Crippen molar-refractivity contribution in [1.29, 1.82) is 0 Å². The molecule has 166 valence electrons. The fourth-order valence-electron chi connectivity index (χ4n) is 3.19. The van der Waals surface area contributed by atoms with Crippen LogP contribution in [0.15, 0.2) is 95.4 Å². The average molecular weight is 451 g/mol. The first kappa shape index (κ1) is 23.4. The molecule has 0 aliphatic heterocycles. The minimum Gasteiger partial charge on any atom is -0.456 e. The van der Waals surface area contributed by atoms with E-state index in [9.17, 15) is 13.2 Å². The van der Waals surface area contributed by atoms with Gasteiger partial charge in [-0.1, -0.05) is 72.3 Å². The molecule has 0 spiro atoms. The zero-order valence-corrected chi connectivity index (χ0v) is 19.1. The van der Waals surface area contributed by atoms with Gasteiger partial charge in [-0.25, -0.2) is 4.79 Å². The van der Waals surface area contributed by atoms with Gasteiger partial charge < -0.3 is 4.74 Å². The van der Waals surface area contributed by atoms with Gasteiger partial charge in [0.1, 0.15) is 12.2 Å². The Labute approximate surface area is 189 Å². The van der Waals surface area contributed by atoms with Gasteiger partial charge in [-0.3, -0.25) is 4.18 Å². The van der Waals surface area contributed by atoms with Crippen molar-refractivity contribution in [2.24, 2.45) is 0 Å². The van der Waals surface area contributed by atoms with Crippen LogP contribution in [0, 0.1) is 6.92 Å². The Balaban J connectivity index is 1.90. The number of carbonyl (C=O) groups excluding carboxylic acids is 1. The van der Waals surface area contributed by atoms with Crippen molar-refractivity contribution in [2.45, 2.75) is 37.9 Å². The number of aryl methyl sites for hydroxylation is 1. The summed E-state index contributed by atoms with van der Waals surface area (Å²) in [5.74, 6) is -0.549. The van der Waals surface area contributed by atoms with Crippen molar-refractivity contribution >= 4 is 22.2 Å². The van der Waals surface area contributed by atoms with E-state index in [0.29, 0.717) is 11.1 Å². The maximum absolute atomic E-state index is 13.0. The summed E-state index contributed by atoms with van der Waals surface area (Å²) in [4.78, 5) is 12.6. The van der Waals surface area contributed by atoms with E-state index in [2.05, 4.69) is 0 Å². The fourth-order valence-corrected chi connectivity index (χ4v) is 4.35. The van der Waals surface area contributed by atoms with E-state index < -0.39 is 28.3 Å². The predicted octanol–water partition coefficient (Wildman–Crippen LogP) is 5.42. The van der Waals surface area contributed by atoms with Crippen LogP contribution in [-0.2, 0) is 19.0 Å². The fraction of sp³-hybridized carbons (Fsp3) is 0.192. The van der Waals surface area contributed by atoms with Gasteiger partial charge in [0.2, 0.25) is 0 Å². The normalized spacial score (nSPS) is 13.9. The van der Waals surface area contributed by atoms with Crippen LogP contribution in [-0.4, -0.2) is 26.6 Å². The van der Waals surface area contributed by atoms with Gasteiger partial charge in [-0.05, 0) is 56.2 Å². The van der Waals surface area contributed by atoms with Crippen molar-refractivity contribution in [1.82, 2.24) is 0 Å². The van der Waals surface area contributed by atoms with Crippen LogP contribution in [0.1, 0.15) is 35.3 Å². The highest BCUT2D eigenvalue weighted by Gasteiger charge is 2.30. The first-order chi connectivity index (χ1) is 15.3. The number of esters is 1. The molecule has 5 nitrogen and oxygen atoms in total. The number of benzene rings is 3. The lowest BCUT2D eigenvalue weighted by Crippen LogP contribution is -2.34. The van der Waals surface area contributed by atoms with Crippen molar-refractivity contribution in [3.8, 4) is 0 Å². The second-order valence-electron chi connectivity index (χ2n) is 7.56. The summed E-state index contributed by atoms with van der Waals surface area (Å²) in [6, 6.07) is 24.4. The van der Waals surface area contributed by atoms with E-state index in [1.807, 2.05) is 43.3 Å². The Morgan fingerprint density at radius 1 is 0.875 bits per heavy atom. The Kier molecular flexibility index (Phi) is 7.62. The number of hydrogen-bond acceptors (Lipinski definition) is 5. The molecule has 32 heavy (non-hydrogen) atoms. The maximum atomic E-state index is 13.0. The summed E-state index contributed by atoms with van der Waals surface area (Å²) < 4.78 is 37.2. The van der Waals surface area contributed by atoms with E-state index in [0.717, 1.165) is 11.1 Å². The Morgan fingerprint density at radius 2 is 1.44 bits per heavy atom. The van der Waals surface area contributed by atoms with Crippen LogP contribution in [0.4, 0.5) is 0 Å². The highest BCUT2D eigenvalue weighted by atomic mass is 32.2. The molecular formula is C26H26O5S. The van der Waals surface area contributed by atoms with Crippen molar-refractivity contribution in [3.63, 3.8) is 0 Å². The SMILES string of the molecule is C/C(=C\c1ccccc1)[C@@H](OS(=O)(=O)c1ccc(C)cc1)[C@H](C)OC(=O)c1ccccc1. The molecule has 0 aromatic heterocycles. The largest absolute Gasteiger partial charge is 0.456 e. The Bertz CT molecular complexity index is 1170. The molecule has 3 aromatic carbocycles. The molecule has 0 radical (unpaired) electrons. The Morgan fingerprint density at radius 3 is 2.03 bits per heavy atom. The van der Waals surface area contributed by atoms with Crippen LogP contribution in [0.2, 0.25) is 0 Å². The summed E-state index contributed by atoms with van der Waals surface area (Å²) in [5, 5.41) is 0. The number of rotatable bonds is 8. The van der Waals surface area contributed by atoms with Crippen LogP contribution in [0.25, 0.3) is 6.08 Å². The van der Waals surface area contributed by atoms with Crippen molar-refractivity contribution in [3.05, 3.63) is 107 Å². The van der Waals surface area contributed by atoms with E-state index in [1.54, 1.807) is 56.3 Å². The molecule has 0 aliphatic carbocycles. The van der Waals surface area contributed by atoms with Gasteiger partial charge in [-0.15, -0.1) is 0 Å². The number of hydrogen-bond donors (Lipinski definition) is 0. The lowest BCUT2D eigenvalue weighted by atomic mass is 10.0. The molecule has 3 rings (SSSR count). The third kappa shape index (κ3) is 6.15. The molecule has 0 saturated carbocycles. The molecule has 0 N–H and O–H groups in total. The van der Waals surface area contributed by atoms with Gasteiger partial charge in [0.25, 0.3) is 10.1 Å². The minimum absolute atomic E-state index is 0.0437. The highest BCUT2D eigenvalue weighted by molar-refractivity contribution is 7.86. The standard InChI is InChI=1S/C26H26O5S/c1-19-14-16-24(17-15-19)32(28,29)31-25(20(2)18-22-10-6-4-7-11-22)21(3)30-26(27)23-12-8-5-9-13-23/h4-18,21,25H,1-3H3/b20-18+/t21-,25+/m0/s1. The molecular weight excluding hydrogens is 424 g/mol. The zero-order valence-electron chi connectivity index (χ0n) is 18.3. The molecule has 3 aromatic rings. The molecule has 0 amide bonds. The van der Waals surface area contributed by atoms with E-state index in [1.165, 1.54) is 12.1 Å². The maximum Gasteiger partial charge on any atom is 0.338 e. The van der Waals surface area contributed by atoms with Crippen molar-refractivity contribution < 1.29 is 22.1 Å². The van der Waals surface area contributed by atoms with Gasteiger partial charge >= 0.3 is 5.97 Å². The van der Waals surface area contributed by atoms with Crippen LogP contribution in [0.3, 0.4) is 0 Å². The minimum atomic E-state index is -4.09. The van der Waals surface area contributed by atoms with E-state index >= 15 is 0 Å². The summed E-state index contributed by atoms with van der Waals surface area (Å²) in [6.07, 6.45) is -0.0422. The Hall–Kier alpha value is -3.22. The average Bonchev–Trinajstić information content (AvgIpc) is 2.79. The smallest absolute Gasteiger partial charge is 0.338 e. The third-order valence-corrected chi connectivity index (χ3v) is 6.22. The van der Waals surface area contributed by atoms with Gasteiger partial charge in [0, 0.05) is 0 Å². The van der Waals surface area contributed by atoms with E-state index in [-0.39, 0.29) is 4.90 Å². The molecule has 0 bridgehead atoms. The van der Waals surface area contributed by atoms with Gasteiger partial charge in [-0.2, -0.15) is 8.42 Å². The molecule has 0 fully saturated rings. The second-order valence-corrected chi connectivity index (χ2v) is 9.13. The molecule has 0 saturated heterocycles. The zero-order chi connectivity index (χ0) is 23.1. The monoisotopic (exact) mass is 450 g/mol. The quantitative estimate of drug-likeness (QED) is 0.339. The summed E-state index contributed by atoms with van der Waals surface area (Å²) >= 11 is 0. The summed E-state index contributed by atoms with van der Waals surface area (Å²) in [7, 11) is -4.09. The third-order valence-electron chi connectivity index (χ3n) is 4.91. The second kappa shape index (κ2) is 10.4. The molecule has 0 unspecified atom stereocenters. The van der Waals surface area contributed by atoms with Crippen molar-refractivity contribution in [2.75, 3.05) is 0 Å². The van der Waals surface area contributed by atoms with Crippen LogP contribution >= 0.6 is 0 Å². The molecule has 6 heteroatoms. The van der Waals surface area contributed by atoms with Crippen LogP contribution in [0.5, 0.6) is 0 Å². The predicted molar refractivity (Wildman–Crippen MR) is 125 cm³/mol. The summed E-state index contributed by atoms with van der Waals surface area (Å²) in [6.45, 7) is 5.26. The van der Waals surface area contributed by atoms with Gasteiger partial charge in [0.05, 0.1) is 10.5 Å². The highest BCUT2D eigenvalue weighted by Crippen LogP contribution is 2.24. The topological polar surface area (TPSA) is 69.7 Å². The molecule has 0 aliphatic rings. The first-order valence-corrected chi connectivity index (χ1v) is 11.7. The van der Waals surface area contributed by atoms with Crippen LogP contribution < -0.4 is 0 Å². The van der Waals surface area contributed by atoms with Gasteiger partial charge in [0.15, 0.2) is 0 Å². The summed E-state index contributed by atoms with van der Waals surface area (Å²) in [5.41, 5.74) is 2.81. The lowest BCUT2D eigenvalue weighted by Gasteiger charge is -2.25. The lowest BCUT2D eigenvalue weighted by molar-refractivity contribution is 0.00821. The first-order valence-electron chi connectivity index (χ1n) is 10.3. The number of ether oxygens (including phenoxy) is 1. The number of carbonyl (C=O) groups is 1.